The van der Waals surface area contributed by atoms with Gasteiger partial charge in [0.25, 0.3) is 0 Å². The summed E-state index contributed by atoms with van der Waals surface area (Å²) >= 11 is 0. The van der Waals surface area contributed by atoms with E-state index in [1.165, 1.54) is 11.3 Å². The zero-order valence-electron chi connectivity index (χ0n) is 12.9. The maximum atomic E-state index is 5.70. The predicted molar refractivity (Wildman–Crippen MR) is 75.5 cm³/mol. The molecule has 3 rings (SSSR count). The van der Waals surface area contributed by atoms with E-state index in [4.69, 9.17) is 4.74 Å². The molecule has 114 valence electrons. The van der Waals surface area contributed by atoms with Crippen molar-refractivity contribution in [1.82, 2.24) is 34.9 Å². The van der Waals surface area contributed by atoms with E-state index in [-0.39, 0.29) is 6.04 Å². The lowest BCUT2D eigenvalue weighted by atomic mass is 10.0. The molecule has 1 unspecified atom stereocenters. The lowest BCUT2D eigenvalue weighted by Crippen LogP contribution is -2.40. The predicted octanol–water partition coefficient (Wildman–Crippen LogP) is 0.134. The standard InChI is InChI=1S/C13H21N7O/c1-9-13(10(2)18(3)15-9)11-8-21-6-5-20(11)7-12-14-16-17-19(12)4/h11H,5-8H2,1-4H3. The van der Waals surface area contributed by atoms with Gasteiger partial charge in [-0.2, -0.15) is 5.10 Å². The van der Waals surface area contributed by atoms with E-state index in [0.29, 0.717) is 13.2 Å². The quantitative estimate of drug-likeness (QED) is 0.800. The minimum Gasteiger partial charge on any atom is -0.378 e. The van der Waals surface area contributed by atoms with Crippen molar-refractivity contribution in [2.75, 3.05) is 19.8 Å². The van der Waals surface area contributed by atoms with Gasteiger partial charge in [0.2, 0.25) is 0 Å². The molecule has 0 saturated carbocycles. The second kappa shape index (κ2) is 5.53. The summed E-state index contributed by atoms with van der Waals surface area (Å²) in [7, 11) is 3.85. The number of ether oxygens (including phenoxy) is 1. The number of rotatable bonds is 3. The summed E-state index contributed by atoms with van der Waals surface area (Å²) in [4.78, 5) is 2.37. The average Bonchev–Trinajstić information content (AvgIpc) is 2.96. The number of tetrazole rings is 1. The largest absolute Gasteiger partial charge is 0.378 e. The van der Waals surface area contributed by atoms with Crippen molar-refractivity contribution in [1.29, 1.82) is 0 Å². The molecule has 8 heteroatoms. The van der Waals surface area contributed by atoms with Crippen LogP contribution < -0.4 is 0 Å². The van der Waals surface area contributed by atoms with Crippen LogP contribution >= 0.6 is 0 Å². The number of hydrogen-bond donors (Lipinski definition) is 0. The highest BCUT2D eigenvalue weighted by molar-refractivity contribution is 5.28. The molecule has 0 bridgehead atoms. The van der Waals surface area contributed by atoms with Crippen molar-refractivity contribution in [3.63, 3.8) is 0 Å². The fourth-order valence-corrected chi connectivity index (χ4v) is 2.93. The molecule has 0 aromatic carbocycles. The summed E-state index contributed by atoms with van der Waals surface area (Å²) < 4.78 is 9.35. The van der Waals surface area contributed by atoms with Crippen molar-refractivity contribution < 1.29 is 4.74 Å². The van der Waals surface area contributed by atoms with Crippen LogP contribution in [0.15, 0.2) is 0 Å². The third kappa shape index (κ3) is 2.56. The summed E-state index contributed by atoms with van der Waals surface area (Å²) in [6.45, 7) is 7.15. The molecule has 0 N–H and O–H groups in total. The normalized spacial score (nSPS) is 20.1. The second-order valence-corrected chi connectivity index (χ2v) is 5.49. The Bertz CT molecular complexity index is 632. The van der Waals surface area contributed by atoms with Gasteiger partial charge in [-0.3, -0.25) is 9.58 Å². The Balaban J connectivity index is 1.89. The minimum atomic E-state index is 0.198. The molecule has 1 atom stereocenters. The van der Waals surface area contributed by atoms with Crippen LogP contribution in [0.3, 0.4) is 0 Å². The van der Waals surface area contributed by atoms with Crippen LogP contribution in [-0.2, 0) is 25.4 Å². The highest BCUT2D eigenvalue weighted by Crippen LogP contribution is 2.29. The molecule has 3 heterocycles. The van der Waals surface area contributed by atoms with Gasteiger partial charge in [0, 0.05) is 31.9 Å². The number of nitrogens with zero attached hydrogens (tertiary/aromatic N) is 7. The van der Waals surface area contributed by atoms with Gasteiger partial charge in [-0.1, -0.05) is 0 Å². The maximum absolute atomic E-state index is 5.70. The zero-order valence-corrected chi connectivity index (χ0v) is 12.9. The second-order valence-electron chi connectivity index (χ2n) is 5.49. The summed E-state index contributed by atoms with van der Waals surface area (Å²) in [5, 5.41) is 16.2. The topological polar surface area (TPSA) is 73.9 Å². The lowest BCUT2D eigenvalue weighted by molar-refractivity contribution is -0.0147. The first-order chi connectivity index (χ1) is 10.1. The Labute approximate surface area is 123 Å². The molecule has 0 radical (unpaired) electrons. The molecule has 2 aromatic heterocycles. The zero-order chi connectivity index (χ0) is 15.0. The Morgan fingerprint density at radius 1 is 1.24 bits per heavy atom. The van der Waals surface area contributed by atoms with Gasteiger partial charge in [0.05, 0.1) is 31.5 Å². The molecule has 2 aromatic rings. The molecule has 0 amide bonds. The molecule has 1 saturated heterocycles. The van der Waals surface area contributed by atoms with Crippen molar-refractivity contribution in [3.05, 3.63) is 22.8 Å². The van der Waals surface area contributed by atoms with Crippen LogP contribution in [0.1, 0.15) is 28.8 Å². The third-order valence-corrected chi connectivity index (χ3v) is 4.19. The van der Waals surface area contributed by atoms with E-state index >= 15 is 0 Å². The van der Waals surface area contributed by atoms with Gasteiger partial charge >= 0.3 is 0 Å². The van der Waals surface area contributed by atoms with Crippen LogP contribution in [0.5, 0.6) is 0 Å². The summed E-state index contributed by atoms with van der Waals surface area (Å²) in [5.74, 6) is 0.862. The van der Waals surface area contributed by atoms with Crippen LogP contribution in [-0.4, -0.2) is 54.6 Å². The maximum Gasteiger partial charge on any atom is 0.165 e. The molecular weight excluding hydrogens is 270 g/mol. The first kappa shape index (κ1) is 14.2. The van der Waals surface area contributed by atoms with E-state index < -0.39 is 0 Å². The fourth-order valence-electron chi connectivity index (χ4n) is 2.93. The highest BCUT2D eigenvalue weighted by Gasteiger charge is 2.30. The Morgan fingerprint density at radius 3 is 2.67 bits per heavy atom. The van der Waals surface area contributed by atoms with Crippen LogP contribution in [0.2, 0.25) is 0 Å². The van der Waals surface area contributed by atoms with Crippen molar-refractivity contribution in [2.45, 2.75) is 26.4 Å². The van der Waals surface area contributed by atoms with Gasteiger partial charge < -0.3 is 4.74 Å². The monoisotopic (exact) mass is 291 g/mol. The SMILES string of the molecule is Cc1nn(C)c(C)c1C1COCCN1Cc1nnnn1C. The minimum absolute atomic E-state index is 0.198. The molecule has 0 spiro atoms. The number of aryl methyl sites for hydroxylation is 3. The van der Waals surface area contributed by atoms with E-state index in [0.717, 1.165) is 24.7 Å². The molecule has 1 fully saturated rings. The summed E-state index contributed by atoms with van der Waals surface area (Å²) in [5.41, 5.74) is 3.50. The van der Waals surface area contributed by atoms with Crippen LogP contribution in [0.4, 0.5) is 0 Å². The molecule has 1 aliphatic rings. The van der Waals surface area contributed by atoms with E-state index in [1.54, 1.807) is 4.68 Å². The summed E-state index contributed by atoms with van der Waals surface area (Å²) in [6.07, 6.45) is 0. The molecule has 8 nitrogen and oxygen atoms in total. The number of hydrogen-bond acceptors (Lipinski definition) is 6. The van der Waals surface area contributed by atoms with Gasteiger partial charge in [-0.25, -0.2) is 4.68 Å². The molecular formula is C13H21N7O. The van der Waals surface area contributed by atoms with Crippen molar-refractivity contribution in [2.24, 2.45) is 14.1 Å². The first-order valence-corrected chi connectivity index (χ1v) is 7.11. The van der Waals surface area contributed by atoms with Crippen LogP contribution in [0, 0.1) is 13.8 Å². The van der Waals surface area contributed by atoms with Crippen molar-refractivity contribution >= 4 is 0 Å². The van der Waals surface area contributed by atoms with Gasteiger partial charge in [-0.05, 0) is 24.3 Å². The van der Waals surface area contributed by atoms with E-state index in [1.807, 2.05) is 18.8 Å². The van der Waals surface area contributed by atoms with Gasteiger partial charge in [0.1, 0.15) is 0 Å². The first-order valence-electron chi connectivity index (χ1n) is 7.11. The number of morpholine rings is 1. The summed E-state index contributed by atoms with van der Waals surface area (Å²) in [6, 6.07) is 0.198. The van der Waals surface area contributed by atoms with E-state index in [9.17, 15) is 0 Å². The molecule has 1 aliphatic heterocycles. The van der Waals surface area contributed by atoms with E-state index in [2.05, 4.69) is 39.4 Å². The van der Waals surface area contributed by atoms with Crippen LogP contribution in [0.25, 0.3) is 0 Å². The average molecular weight is 291 g/mol. The Morgan fingerprint density at radius 2 is 2.05 bits per heavy atom. The highest BCUT2D eigenvalue weighted by atomic mass is 16.5. The van der Waals surface area contributed by atoms with Gasteiger partial charge in [0.15, 0.2) is 5.82 Å². The number of aromatic nitrogens is 6. The van der Waals surface area contributed by atoms with Gasteiger partial charge in [-0.15, -0.1) is 5.10 Å². The molecule has 0 aliphatic carbocycles. The third-order valence-electron chi connectivity index (χ3n) is 4.19. The van der Waals surface area contributed by atoms with Crippen molar-refractivity contribution in [3.8, 4) is 0 Å². The lowest BCUT2D eigenvalue weighted by Gasteiger charge is -2.35. The Hall–Kier alpha value is -1.80. The molecule has 21 heavy (non-hydrogen) atoms. The fraction of sp³-hybridized carbons (Fsp3) is 0.692. The smallest absolute Gasteiger partial charge is 0.165 e. The Kier molecular flexibility index (Phi) is 3.73.